The molecule has 0 aliphatic rings. The summed E-state index contributed by atoms with van der Waals surface area (Å²) in [6.45, 7) is 4.87. The number of benzene rings is 1. The molecule has 0 fully saturated rings. The molecule has 6 nitrogen and oxygen atoms in total. The molecule has 1 heterocycles. The van der Waals surface area contributed by atoms with E-state index in [4.69, 9.17) is 9.15 Å². The minimum absolute atomic E-state index is 0.203. The Bertz CT molecular complexity index is 812. The zero-order valence-electron chi connectivity index (χ0n) is 15.4. The SMILES string of the molecule is COc1ccc(S(=O)(=O)N(CCN(C)C)Cc2ccc(C)o2)cc1C. The van der Waals surface area contributed by atoms with Crippen molar-refractivity contribution in [2.45, 2.75) is 25.3 Å². The van der Waals surface area contributed by atoms with Gasteiger partial charge >= 0.3 is 0 Å². The van der Waals surface area contributed by atoms with Gasteiger partial charge < -0.3 is 14.1 Å². The molecule has 0 N–H and O–H groups in total. The summed E-state index contributed by atoms with van der Waals surface area (Å²) >= 11 is 0. The summed E-state index contributed by atoms with van der Waals surface area (Å²) in [4.78, 5) is 2.21. The zero-order chi connectivity index (χ0) is 18.6. The van der Waals surface area contributed by atoms with E-state index in [0.717, 1.165) is 11.3 Å². The summed E-state index contributed by atoms with van der Waals surface area (Å²) in [6.07, 6.45) is 0. The molecule has 0 aliphatic carbocycles. The molecule has 0 radical (unpaired) electrons. The predicted molar refractivity (Wildman–Crippen MR) is 97.3 cm³/mol. The molecule has 0 saturated carbocycles. The summed E-state index contributed by atoms with van der Waals surface area (Å²) < 4.78 is 38.5. The van der Waals surface area contributed by atoms with Gasteiger partial charge in [-0.05, 0) is 63.8 Å². The van der Waals surface area contributed by atoms with Crippen LogP contribution in [0.3, 0.4) is 0 Å². The molecule has 7 heteroatoms. The Morgan fingerprint density at radius 1 is 1.08 bits per heavy atom. The Morgan fingerprint density at radius 2 is 1.80 bits per heavy atom. The number of methoxy groups -OCH3 is 1. The van der Waals surface area contributed by atoms with E-state index >= 15 is 0 Å². The number of aryl methyl sites for hydroxylation is 2. The molecular weight excluding hydrogens is 340 g/mol. The van der Waals surface area contributed by atoms with Gasteiger partial charge in [-0.25, -0.2) is 8.42 Å². The van der Waals surface area contributed by atoms with Crippen molar-refractivity contribution in [1.82, 2.24) is 9.21 Å². The molecule has 0 saturated heterocycles. The summed E-state index contributed by atoms with van der Waals surface area (Å²) in [5, 5.41) is 0. The molecule has 0 atom stereocenters. The Morgan fingerprint density at radius 3 is 2.32 bits per heavy atom. The molecule has 2 aromatic rings. The highest BCUT2D eigenvalue weighted by Gasteiger charge is 2.26. The number of furan rings is 1. The van der Waals surface area contributed by atoms with Crippen molar-refractivity contribution >= 4 is 10.0 Å². The molecule has 25 heavy (non-hydrogen) atoms. The quantitative estimate of drug-likeness (QED) is 0.719. The summed E-state index contributed by atoms with van der Waals surface area (Å²) in [5.74, 6) is 2.06. The van der Waals surface area contributed by atoms with Gasteiger partial charge in [0, 0.05) is 13.1 Å². The van der Waals surface area contributed by atoms with Crippen LogP contribution in [-0.4, -0.2) is 51.9 Å². The zero-order valence-corrected chi connectivity index (χ0v) is 16.3. The number of likely N-dealkylation sites (N-methyl/N-ethyl adjacent to an activating group) is 1. The Balaban J connectivity index is 2.34. The van der Waals surface area contributed by atoms with E-state index in [1.807, 2.05) is 45.0 Å². The van der Waals surface area contributed by atoms with Crippen molar-refractivity contribution in [3.8, 4) is 5.75 Å². The monoisotopic (exact) mass is 366 g/mol. The van der Waals surface area contributed by atoms with Crippen LogP contribution in [0.15, 0.2) is 39.6 Å². The lowest BCUT2D eigenvalue weighted by Gasteiger charge is -2.23. The van der Waals surface area contributed by atoms with Gasteiger partial charge in [0.05, 0.1) is 18.6 Å². The summed E-state index contributed by atoms with van der Waals surface area (Å²) in [6, 6.07) is 8.56. The average Bonchev–Trinajstić information content (AvgIpc) is 2.96. The van der Waals surface area contributed by atoms with E-state index in [9.17, 15) is 8.42 Å². The lowest BCUT2D eigenvalue weighted by atomic mass is 10.2. The van der Waals surface area contributed by atoms with Crippen molar-refractivity contribution in [2.24, 2.45) is 0 Å². The second-order valence-corrected chi connectivity index (χ2v) is 8.22. The van der Waals surface area contributed by atoms with Crippen molar-refractivity contribution in [3.63, 3.8) is 0 Å². The van der Waals surface area contributed by atoms with Crippen LogP contribution in [0.5, 0.6) is 5.75 Å². The highest BCUT2D eigenvalue weighted by Crippen LogP contribution is 2.25. The second kappa shape index (κ2) is 8.03. The normalized spacial score (nSPS) is 12.1. The van der Waals surface area contributed by atoms with Gasteiger partial charge in [-0.1, -0.05) is 0 Å². The molecule has 0 unspecified atom stereocenters. The van der Waals surface area contributed by atoms with E-state index in [0.29, 0.717) is 24.6 Å². The van der Waals surface area contributed by atoms with Crippen LogP contribution in [0.4, 0.5) is 0 Å². The molecule has 0 bridgehead atoms. The standard InChI is InChI=1S/C18H26N2O4S/c1-14-12-17(8-9-18(14)23-5)25(21,22)20(11-10-19(3)4)13-16-7-6-15(2)24-16/h6-9,12H,10-11,13H2,1-5H3. The van der Waals surface area contributed by atoms with E-state index in [-0.39, 0.29) is 11.4 Å². The number of rotatable bonds is 8. The Hall–Kier alpha value is -1.83. The smallest absolute Gasteiger partial charge is 0.243 e. The topological polar surface area (TPSA) is 63.0 Å². The number of nitrogens with zero attached hydrogens (tertiary/aromatic N) is 2. The fraction of sp³-hybridized carbons (Fsp3) is 0.444. The van der Waals surface area contributed by atoms with Crippen molar-refractivity contribution in [1.29, 1.82) is 0 Å². The first-order valence-corrected chi connectivity index (χ1v) is 9.53. The van der Waals surface area contributed by atoms with E-state index in [2.05, 4.69) is 0 Å². The van der Waals surface area contributed by atoms with Crippen molar-refractivity contribution in [3.05, 3.63) is 47.4 Å². The lowest BCUT2D eigenvalue weighted by molar-refractivity contribution is 0.310. The number of sulfonamides is 1. The molecule has 1 aromatic heterocycles. The van der Waals surface area contributed by atoms with Crippen LogP contribution in [0.2, 0.25) is 0 Å². The van der Waals surface area contributed by atoms with Crippen LogP contribution < -0.4 is 4.74 Å². The second-order valence-electron chi connectivity index (χ2n) is 6.29. The maximum atomic E-state index is 13.1. The number of ether oxygens (including phenoxy) is 1. The minimum Gasteiger partial charge on any atom is -0.496 e. The maximum Gasteiger partial charge on any atom is 0.243 e. The molecule has 0 amide bonds. The fourth-order valence-electron chi connectivity index (χ4n) is 2.50. The third kappa shape index (κ3) is 4.84. The van der Waals surface area contributed by atoms with Gasteiger partial charge in [0.1, 0.15) is 17.3 Å². The van der Waals surface area contributed by atoms with Gasteiger partial charge in [-0.15, -0.1) is 0 Å². The van der Waals surface area contributed by atoms with Crippen LogP contribution in [0.1, 0.15) is 17.1 Å². The Kier molecular flexibility index (Phi) is 6.26. The first kappa shape index (κ1) is 19.5. The van der Waals surface area contributed by atoms with Gasteiger partial charge in [-0.3, -0.25) is 0 Å². The van der Waals surface area contributed by atoms with Gasteiger partial charge in [0.25, 0.3) is 0 Å². The van der Waals surface area contributed by atoms with Crippen LogP contribution >= 0.6 is 0 Å². The number of hydrogen-bond donors (Lipinski definition) is 0. The maximum absolute atomic E-state index is 13.1. The first-order chi connectivity index (χ1) is 11.7. The molecule has 1 aromatic carbocycles. The van der Waals surface area contributed by atoms with Gasteiger partial charge in [0.2, 0.25) is 10.0 Å². The fourth-order valence-corrected chi connectivity index (χ4v) is 3.98. The van der Waals surface area contributed by atoms with Crippen LogP contribution in [0, 0.1) is 13.8 Å². The summed E-state index contributed by atoms with van der Waals surface area (Å²) in [5.41, 5.74) is 0.782. The molecule has 0 spiro atoms. The van der Waals surface area contributed by atoms with Gasteiger partial charge in [0.15, 0.2) is 0 Å². The largest absolute Gasteiger partial charge is 0.496 e. The van der Waals surface area contributed by atoms with Crippen molar-refractivity contribution in [2.75, 3.05) is 34.3 Å². The third-order valence-corrected chi connectivity index (χ3v) is 5.77. The van der Waals surface area contributed by atoms with E-state index < -0.39 is 10.0 Å². The summed E-state index contributed by atoms with van der Waals surface area (Å²) in [7, 11) is 1.76. The van der Waals surface area contributed by atoms with Crippen LogP contribution in [-0.2, 0) is 16.6 Å². The van der Waals surface area contributed by atoms with Crippen molar-refractivity contribution < 1.29 is 17.6 Å². The minimum atomic E-state index is -3.64. The van der Waals surface area contributed by atoms with Crippen LogP contribution in [0.25, 0.3) is 0 Å². The molecule has 138 valence electrons. The number of hydrogen-bond acceptors (Lipinski definition) is 5. The Labute approximate surface area is 150 Å². The predicted octanol–water partition coefficient (Wildman–Crippen LogP) is 2.66. The first-order valence-electron chi connectivity index (χ1n) is 8.09. The average molecular weight is 366 g/mol. The molecule has 2 rings (SSSR count). The van der Waals surface area contributed by atoms with E-state index in [1.165, 1.54) is 4.31 Å². The van der Waals surface area contributed by atoms with Gasteiger partial charge in [-0.2, -0.15) is 4.31 Å². The highest BCUT2D eigenvalue weighted by molar-refractivity contribution is 7.89. The lowest BCUT2D eigenvalue weighted by Crippen LogP contribution is -2.36. The third-order valence-electron chi connectivity index (χ3n) is 3.93. The highest BCUT2D eigenvalue weighted by atomic mass is 32.2. The van der Waals surface area contributed by atoms with E-state index in [1.54, 1.807) is 25.3 Å². The molecule has 0 aliphatic heterocycles. The molecular formula is C18H26N2O4S.